The molecule has 1 fully saturated rings. The van der Waals surface area contributed by atoms with E-state index in [1.165, 1.54) is 10.5 Å². The van der Waals surface area contributed by atoms with Gasteiger partial charge in [0, 0.05) is 35.2 Å². The van der Waals surface area contributed by atoms with E-state index in [9.17, 15) is 18.0 Å². The highest BCUT2D eigenvalue weighted by Gasteiger charge is 2.40. The van der Waals surface area contributed by atoms with E-state index in [4.69, 9.17) is 4.74 Å². The van der Waals surface area contributed by atoms with Crippen LogP contribution in [0.25, 0.3) is 0 Å². The molecule has 1 saturated heterocycles. The molecule has 1 amide bonds. The molecule has 1 aliphatic carbocycles. The maximum atomic E-state index is 13.9. The monoisotopic (exact) mass is 488 g/mol. The third-order valence-corrected chi connectivity index (χ3v) is 7.56. The second kappa shape index (κ2) is 9.43. The van der Waals surface area contributed by atoms with Crippen molar-refractivity contribution < 1.29 is 22.7 Å². The largest absolute Gasteiger partial charge is 0.401 e. The lowest BCUT2D eigenvalue weighted by atomic mass is 9.73. The topological polar surface area (TPSA) is 57.7 Å². The maximum Gasteiger partial charge on any atom is 0.401 e. The van der Waals surface area contributed by atoms with E-state index in [0.29, 0.717) is 39.0 Å². The van der Waals surface area contributed by atoms with Gasteiger partial charge in [0.25, 0.3) is 0 Å². The van der Waals surface area contributed by atoms with Crippen LogP contribution in [0.5, 0.6) is 0 Å². The van der Waals surface area contributed by atoms with Crippen LogP contribution in [0.4, 0.5) is 19.0 Å². The molecule has 1 atom stereocenters. The van der Waals surface area contributed by atoms with Crippen molar-refractivity contribution in [3.8, 4) is 0 Å². The van der Waals surface area contributed by atoms with Crippen LogP contribution in [0.3, 0.4) is 0 Å². The number of rotatable bonds is 3. The minimum Gasteiger partial charge on any atom is -0.377 e. The number of carbonyl (C=O) groups is 1. The number of hydrogen-bond donors (Lipinski definition) is 1. The van der Waals surface area contributed by atoms with Gasteiger partial charge in [0.2, 0.25) is 5.91 Å². The summed E-state index contributed by atoms with van der Waals surface area (Å²) >= 11 is 0. The Kier molecular flexibility index (Phi) is 6.48. The van der Waals surface area contributed by atoms with Crippen LogP contribution in [-0.4, -0.2) is 59.7 Å². The summed E-state index contributed by atoms with van der Waals surface area (Å²) in [4.78, 5) is 21.6. The lowest BCUT2D eigenvalue weighted by Crippen LogP contribution is -2.45. The van der Waals surface area contributed by atoms with E-state index in [0.717, 1.165) is 29.2 Å². The number of halogens is 3. The number of alkyl halides is 3. The molecule has 0 radical (unpaired) electrons. The highest BCUT2D eigenvalue weighted by atomic mass is 19.4. The van der Waals surface area contributed by atoms with Crippen molar-refractivity contribution in [2.45, 2.75) is 45.3 Å². The van der Waals surface area contributed by atoms with Crippen molar-refractivity contribution in [3.63, 3.8) is 0 Å². The molecule has 1 aromatic rings. The fraction of sp³-hybridized carbons (Fsp3) is 0.538. The third-order valence-electron chi connectivity index (χ3n) is 7.56. The SMILES string of the molecule is CC1(C2=CCOCC2)C=CC2=C(C1)N(C(=O)C1CCN(CC(F)(F)F)CC1)Cc1cccnc1N2. The zero-order valence-corrected chi connectivity index (χ0v) is 19.9. The molecule has 0 saturated carbocycles. The second-order valence-corrected chi connectivity index (χ2v) is 10.1. The van der Waals surface area contributed by atoms with Crippen LogP contribution in [0.2, 0.25) is 0 Å². The standard InChI is InChI=1S/C26H31F3N4O2/c1-25(20-7-13-35-14-8-20)9-4-21-22(15-25)33(16-19-3-2-10-30-23(19)31-21)24(34)18-5-11-32(12-6-18)17-26(27,28)29/h2-4,7,9-10,18H,5-6,8,11-17H2,1H3,(H,30,31). The van der Waals surface area contributed by atoms with Crippen molar-refractivity contribution in [2.75, 3.05) is 38.2 Å². The molecular formula is C26H31F3N4O2. The van der Waals surface area contributed by atoms with Gasteiger partial charge in [-0.25, -0.2) is 4.98 Å². The first kappa shape index (κ1) is 24.1. The lowest BCUT2D eigenvalue weighted by Gasteiger charge is -2.40. The highest BCUT2D eigenvalue weighted by Crippen LogP contribution is 2.45. The van der Waals surface area contributed by atoms with Crippen molar-refractivity contribution in [3.05, 3.63) is 59.1 Å². The van der Waals surface area contributed by atoms with Crippen LogP contribution >= 0.6 is 0 Å². The van der Waals surface area contributed by atoms with E-state index in [-0.39, 0.29) is 30.3 Å². The van der Waals surface area contributed by atoms with Crippen molar-refractivity contribution in [1.82, 2.24) is 14.8 Å². The van der Waals surface area contributed by atoms with Gasteiger partial charge >= 0.3 is 6.18 Å². The minimum absolute atomic E-state index is 0.0127. The number of nitrogens with zero attached hydrogens (tertiary/aromatic N) is 3. The molecule has 1 unspecified atom stereocenters. The number of carbonyl (C=O) groups excluding carboxylic acids is 1. The van der Waals surface area contributed by atoms with Gasteiger partial charge < -0.3 is 15.0 Å². The van der Waals surface area contributed by atoms with Gasteiger partial charge in [0.1, 0.15) is 5.82 Å². The zero-order chi connectivity index (χ0) is 24.6. The number of piperidine rings is 1. The van der Waals surface area contributed by atoms with Gasteiger partial charge in [0.15, 0.2) is 0 Å². The number of likely N-dealkylation sites (tertiary alicyclic amines) is 1. The number of allylic oxidation sites excluding steroid dienone is 3. The number of ether oxygens (including phenoxy) is 1. The Morgan fingerprint density at radius 2 is 2.11 bits per heavy atom. The number of anilines is 1. The summed E-state index contributed by atoms with van der Waals surface area (Å²) < 4.78 is 44.0. The summed E-state index contributed by atoms with van der Waals surface area (Å²) in [6, 6.07) is 3.82. The molecule has 35 heavy (non-hydrogen) atoms. The molecule has 0 spiro atoms. The van der Waals surface area contributed by atoms with Crippen LogP contribution in [0.15, 0.2) is 53.5 Å². The number of nitrogens with one attached hydrogen (secondary N) is 1. The number of pyridine rings is 1. The molecule has 1 N–H and O–H groups in total. The van der Waals surface area contributed by atoms with Gasteiger partial charge in [-0.15, -0.1) is 0 Å². The molecule has 188 valence electrons. The molecule has 1 aromatic heterocycles. The Labute approximate surface area is 203 Å². The predicted molar refractivity (Wildman–Crippen MR) is 126 cm³/mol. The number of hydrogen-bond acceptors (Lipinski definition) is 5. The number of amides is 1. The Morgan fingerprint density at radius 1 is 1.31 bits per heavy atom. The number of aromatic nitrogens is 1. The van der Waals surface area contributed by atoms with Crippen LogP contribution in [0, 0.1) is 11.3 Å². The Hall–Kier alpha value is -2.65. The van der Waals surface area contributed by atoms with E-state index in [1.807, 2.05) is 23.1 Å². The average Bonchev–Trinajstić information content (AvgIpc) is 3.00. The number of fused-ring (bicyclic) bond motifs is 1. The molecule has 4 heterocycles. The minimum atomic E-state index is -4.22. The highest BCUT2D eigenvalue weighted by molar-refractivity contribution is 5.82. The first-order valence-electron chi connectivity index (χ1n) is 12.2. The van der Waals surface area contributed by atoms with Crippen LogP contribution in [-0.2, 0) is 16.1 Å². The molecule has 0 bridgehead atoms. The Morgan fingerprint density at radius 3 is 2.83 bits per heavy atom. The normalized spacial score (nSPS) is 25.9. The molecule has 6 nitrogen and oxygen atoms in total. The average molecular weight is 489 g/mol. The first-order chi connectivity index (χ1) is 16.7. The summed E-state index contributed by atoms with van der Waals surface area (Å²) in [7, 11) is 0. The summed E-state index contributed by atoms with van der Waals surface area (Å²) in [5.41, 5.74) is 3.77. The fourth-order valence-electron chi connectivity index (χ4n) is 5.58. The Bertz CT molecular complexity index is 1070. The van der Waals surface area contributed by atoms with E-state index in [1.54, 1.807) is 6.20 Å². The molecular weight excluding hydrogens is 457 g/mol. The van der Waals surface area contributed by atoms with Crippen LogP contribution in [0.1, 0.15) is 38.2 Å². The molecule has 5 rings (SSSR count). The molecule has 4 aliphatic rings. The maximum absolute atomic E-state index is 13.9. The van der Waals surface area contributed by atoms with E-state index in [2.05, 4.69) is 29.4 Å². The first-order valence-corrected chi connectivity index (χ1v) is 12.2. The predicted octanol–water partition coefficient (Wildman–Crippen LogP) is 4.63. The quantitative estimate of drug-likeness (QED) is 0.629. The van der Waals surface area contributed by atoms with Crippen molar-refractivity contribution in [1.29, 1.82) is 0 Å². The molecule has 0 aromatic carbocycles. The fourth-order valence-corrected chi connectivity index (χ4v) is 5.58. The van der Waals surface area contributed by atoms with Gasteiger partial charge in [-0.2, -0.15) is 13.2 Å². The van der Waals surface area contributed by atoms with E-state index < -0.39 is 12.7 Å². The summed E-state index contributed by atoms with van der Waals surface area (Å²) in [6.45, 7) is 3.50. The van der Waals surface area contributed by atoms with Crippen molar-refractivity contribution in [2.24, 2.45) is 11.3 Å². The van der Waals surface area contributed by atoms with Gasteiger partial charge in [-0.3, -0.25) is 9.69 Å². The van der Waals surface area contributed by atoms with Gasteiger partial charge in [-0.05, 0) is 44.5 Å². The molecule has 9 heteroatoms. The second-order valence-electron chi connectivity index (χ2n) is 10.1. The molecule has 3 aliphatic heterocycles. The van der Waals surface area contributed by atoms with E-state index >= 15 is 0 Å². The summed E-state index contributed by atoms with van der Waals surface area (Å²) in [5.74, 6) is 0.418. The lowest BCUT2D eigenvalue weighted by molar-refractivity contribution is -0.150. The Balaban J connectivity index is 1.41. The van der Waals surface area contributed by atoms with Gasteiger partial charge in [0.05, 0.1) is 32.0 Å². The summed E-state index contributed by atoms with van der Waals surface area (Å²) in [6.07, 6.45) is 6.25. The zero-order valence-electron chi connectivity index (χ0n) is 19.9. The van der Waals surface area contributed by atoms with Crippen molar-refractivity contribution >= 4 is 11.7 Å². The van der Waals surface area contributed by atoms with Gasteiger partial charge in [-0.1, -0.05) is 30.7 Å². The smallest absolute Gasteiger partial charge is 0.377 e. The third kappa shape index (κ3) is 5.16. The van der Waals surface area contributed by atoms with Crippen LogP contribution < -0.4 is 5.32 Å². The summed E-state index contributed by atoms with van der Waals surface area (Å²) in [5, 5.41) is 3.43.